The average Bonchev–Trinajstić information content (AvgIpc) is 3.22. The maximum atomic E-state index is 13.0. The fraction of sp³-hybridized carbons (Fsp3) is 0.300. The van der Waals surface area contributed by atoms with Gasteiger partial charge in [0.05, 0.1) is 16.5 Å². The first-order valence-corrected chi connectivity index (χ1v) is 9.32. The number of likely N-dealkylation sites (N-methyl/N-ethyl adjacent to an activating group) is 1. The summed E-state index contributed by atoms with van der Waals surface area (Å²) >= 11 is 1.31. The molecule has 0 fully saturated rings. The number of amides is 1. The van der Waals surface area contributed by atoms with Gasteiger partial charge in [0.25, 0.3) is 5.91 Å². The van der Waals surface area contributed by atoms with Gasteiger partial charge >= 0.3 is 0 Å². The molecule has 6 heteroatoms. The maximum Gasteiger partial charge on any atom is 0.290 e. The van der Waals surface area contributed by atoms with E-state index in [1.807, 2.05) is 55.6 Å². The lowest BCUT2D eigenvalue weighted by Gasteiger charge is -2.29. The number of aryl methyl sites for hydroxylation is 1. The van der Waals surface area contributed by atoms with Crippen LogP contribution in [0, 0.1) is 6.92 Å². The van der Waals surface area contributed by atoms with Gasteiger partial charge in [-0.05, 0) is 43.6 Å². The van der Waals surface area contributed by atoms with Crippen LogP contribution in [0.4, 0.5) is 0 Å². The van der Waals surface area contributed by atoms with Gasteiger partial charge in [0.15, 0.2) is 5.76 Å². The van der Waals surface area contributed by atoms with Crippen molar-refractivity contribution in [2.75, 3.05) is 27.2 Å². The molecule has 3 rings (SSSR count). The molecule has 1 aliphatic rings. The summed E-state index contributed by atoms with van der Waals surface area (Å²) in [6, 6.07) is 10.6. The summed E-state index contributed by atoms with van der Waals surface area (Å²) in [4.78, 5) is 29.9. The molecule has 1 aliphatic heterocycles. The number of hydrogen-bond donors (Lipinski definition) is 1. The summed E-state index contributed by atoms with van der Waals surface area (Å²) in [5.41, 5.74) is 2.01. The molecule has 0 radical (unpaired) electrons. The van der Waals surface area contributed by atoms with Gasteiger partial charge in [-0.3, -0.25) is 9.59 Å². The Morgan fingerprint density at radius 3 is 2.58 bits per heavy atom. The minimum absolute atomic E-state index is 0.172. The van der Waals surface area contributed by atoms with Gasteiger partial charge in [-0.1, -0.05) is 30.3 Å². The number of hydrogen-bond acceptors (Lipinski definition) is 5. The zero-order valence-corrected chi connectivity index (χ0v) is 15.9. The van der Waals surface area contributed by atoms with Crippen LogP contribution >= 0.6 is 11.3 Å². The predicted molar refractivity (Wildman–Crippen MR) is 102 cm³/mol. The lowest BCUT2D eigenvalue weighted by atomic mass is 9.92. The van der Waals surface area contributed by atoms with Crippen LogP contribution in [0.2, 0.25) is 0 Å². The van der Waals surface area contributed by atoms with Crippen LogP contribution in [0.25, 0.3) is 0 Å². The highest BCUT2D eigenvalue weighted by molar-refractivity contribution is 7.12. The lowest BCUT2D eigenvalue weighted by molar-refractivity contribution is -0.129. The maximum absolute atomic E-state index is 13.0. The number of Topliss-reactive ketones (excluding diaryl/α,β-unsaturated/α-hetero) is 1. The summed E-state index contributed by atoms with van der Waals surface area (Å²) in [6.45, 7) is 3.02. The Labute approximate surface area is 157 Å². The smallest absolute Gasteiger partial charge is 0.290 e. The van der Waals surface area contributed by atoms with E-state index in [4.69, 9.17) is 0 Å². The number of carbonyl (C=O) groups is 2. The van der Waals surface area contributed by atoms with E-state index >= 15 is 0 Å². The second-order valence-corrected chi connectivity index (χ2v) is 7.58. The molecule has 1 aromatic carbocycles. The van der Waals surface area contributed by atoms with Crippen molar-refractivity contribution in [3.8, 4) is 0 Å². The summed E-state index contributed by atoms with van der Waals surface area (Å²) in [7, 11) is 3.85. The normalized spacial score (nSPS) is 17.5. The fourth-order valence-corrected chi connectivity index (χ4v) is 3.86. The van der Waals surface area contributed by atoms with Gasteiger partial charge in [0.1, 0.15) is 0 Å². The molecule has 26 heavy (non-hydrogen) atoms. The number of ketones is 1. The van der Waals surface area contributed by atoms with E-state index in [1.165, 1.54) is 11.3 Å². The van der Waals surface area contributed by atoms with Gasteiger partial charge < -0.3 is 14.9 Å². The standard InChI is InChI=1S/C20H22N2O3S/c1-13-7-4-5-8-14(13)17-16(18(23)15-9-6-12-26-15)19(24)20(25)22(17)11-10-21(2)3/h4-9,12,17,24H,10-11H2,1-3H3. The predicted octanol–water partition coefficient (Wildman–Crippen LogP) is 3.20. The number of benzene rings is 1. The molecule has 0 saturated carbocycles. The highest BCUT2D eigenvalue weighted by Crippen LogP contribution is 2.40. The van der Waals surface area contributed by atoms with E-state index in [0.29, 0.717) is 18.0 Å². The number of nitrogens with zero attached hydrogens (tertiary/aromatic N) is 2. The number of aliphatic hydroxyl groups excluding tert-OH is 1. The fourth-order valence-electron chi connectivity index (χ4n) is 3.18. The van der Waals surface area contributed by atoms with Gasteiger partial charge in [-0.25, -0.2) is 0 Å². The first-order valence-electron chi connectivity index (χ1n) is 8.44. The van der Waals surface area contributed by atoms with Crippen LogP contribution < -0.4 is 0 Å². The van der Waals surface area contributed by atoms with E-state index < -0.39 is 17.7 Å². The largest absolute Gasteiger partial charge is 0.503 e. The van der Waals surface area contributed by atoms with Gasteiger partial charge in [-0.15, -0.1) is 11.3 Å². The zero-order valence-electron chi connectivity index (χ0n) is 15.1. The Balaban J connectivity index is 2.08. The molecule has 136 valence electrons. The first-order chi connectivity index (χ1) is 12.4. The molecule has 0 saturated heterocycles. The molecule has 1 amide bonds. The van der Waals surface area contributed by atoms with E-state index in [1.54, 1.807) is 17.0 Å². The molecule has 5 nitrogen and oxygen atoms in total. The monoisotopic (exact) mass is 370 g/mol. The topological polar surface area (TPSA) is 60.9 Å². The van der Waals surface area contributed by atoms with E-state index in [0.717, 1.165) is 11.1 Å². The molecule has 0 bridgehead atoms. The molecule has 0 spiro atoms. The highest BCUT2D eigenvalue weighted by atomic mass is 32.1. The highest BCUT2D eigenvalue weighted by Gasteiger charge is 2.44. The minimum Gasteiger partial charge on any atom is -0.503 e. The van der Waals surface area contributed by atoms with Crippen LogP contribution in [0.15, 0.2) is 53.1 Å². The molecule has 0 aliphatic carbocycles. The number of thiophene rings is 1. The van der Waals surface area contributed by atoms with Crippen molar-refractivity contribution < 1.29 is 14.7 Å². The third-order valence-corrected chi connectivity index (χ3v) is 5.43. The summed E-state index contributed by atoms with van der Waals surface area (Å²) < 4.78 is 0. The van der Waals surface area contributed by atoms with Crippen LogP contribution in [0.1, 0.15) is 26.8 Å². The molecular weight excluding hydrogens is 348 g/mol. The number of aliphatic hydroxyl groups is 1. The van der Waals surface area contributed by atoms with E-state index in [9.17, 15) is 14.7 Å². The van der Waals surface area contributed by atoms with Crippen LogP contribution in [-0.2, 0) is 4.79 Å². The zero-order chi connectivity index (χ0) is 18.8. The van der Waals surface area contributed by atoms with Gasteiger partial charge in [0.2, 0.25) is 5.78 Å². The number of carbonyl (C=O) groups excluding carboxylic acids is 2. The lowest BCUT2D eigenvalue weighted by Crippen LogP contribution is -2.36. The van der Waals surface area contributed by atoms with Crippen LogP contribution in [0.5, 0.6) is 0 Å². The van der Waals surface area contributed by atoms with Crippen molar-refractivity contribution in [3.63, 3.8) is 0 Å². The molecule has 1 aromatic heterocycles. The van der Waals surface area contributed by atoms with Crippen molar-refractivity contribution in [2.24, 2.45) is 0 Å². The van der Waals surface area contributed by atoms with Gasteiger partial charge in [0, 0.05) is 13.1 Å². The molecule has 2 aromatic rings. The van der Waals surface area contributed by atoms with E-state index in [2.05, 4.69) is 0 Å². The summed E-state index contributed by atoms with van der Waals surface area (Å²) in [5, 5.41) is 12.4. The second-order valence-electron chi connectivity index (χ2n) is 6.63. The Morgan fingerprint density at radius 1 is 1.23 bits per heavy atom. The van der Waals surface area contributed by atoms with Crippen molar-refractivity contribution in [1.82, 2.24) is 9.80 Å². The first kappa shape index (κ1) is 18.4. The van der Waals surface area contributed by atoms with Crippen molar-refractivity contribution >= 4 is 23.0 Å². The quantitative estimate of drug-likeness (QED) is 0.794. The van der Waals surface area contributed by atoms with Crippen molar-refractivity contribution in [1.29, 1.82) is 0 Å². The Morgan fingerprint density at radius 2 is 1.96 bits per heavy atom. The third-order valence-electron chi connectivity index (χ3n) is 4.56. The molecule has 1 atom stereocenters. The number of rotatable bonds is 6. The molecule has 1 unspecified atom stereocenters. The second kappa shape index (κ2) is 7.43. The van der Waals surface area contributed by atoms with Crippen molar-refractivity contribution in [3.05, 3.63) is 69.1 Å². The van der Waals surface area contributed by atoms with Crippen molar-refractivity contribution in [2.45, 2.75) is 13.0 Å². The average molecular weight is 370 g/mol. The van der Waals surface area contributed by atoms with Gasteiger partial charge in [-0.2, -0.15) is 0 Å². The molecule has 2 heterocycles. The van der Waals surface area contributed by atoms with E-state index in [-0.39, 0.29) is 11.4 Å². The summed E-state index contributed by atoms with van der Waals surface area (Å²) in [6.07, 6.45) is 0. The summed E-state index contributed by atoms with van der Waals surface area (Å²) in [5.74, 6) is -1.21. The van der Waals surface area contributed by atoms with Crippen LogP contribution in [0.3, 0.4) is 0 Å². The minimum atomic E-state index is -0.571. The SMILES string of the molecule is Cc1ccccc1C1C(C(=O)c2cccs2)=C(O)C(=O)N1CCN(C)C. The Hall–Kier alpha value is -2.44. The third kappa shape index (κ3) is 3.30. The van der Waals surface area contributed by atoms with Crippen LogP contribution in [-0.4, -0.2) is 53.8 Å². The Bertz CT molecular complexity index is 856. The molecule has 1 N–H and O–H groups in total. The Kier molecular flexibility index (Phi) is 5.25. The molecular formula is C20H22N2O3S.